The number of halogens is 1. The number of aliphatic hydroxyl groups excluding tert-OH is 1. The van der Waals surface area contributed by atoms with Gasteiger partial charge in [-0.1, -0.05) is 35.5 Å². The van der Waals surface area contributed by atoms with Gasteiger partial charge in [0.15, 0.2) is 5.16 Å². The molecule has 0 spiro atoms. The third-order valence-electron chi connectivity index (χ3n) is 2.32. The molecule has 0 amide bonds. The number of aliphatic hydroxyl groups is 1. The molecule has 18 heavy (non-hydrogen) atoms. The summed E-state index contributed by atoms with van der Waals surface area (Å²) in [5.41, 5.74) is 1.38. The average Bonchev–Trinajstić information content (AvgIpc) is 2.41. The van der Waals surface area contributed by atoms with Gasteiger partial charge in [0.25, 0.3) is 0 Å². The zero-order valence-corrected chi connectivity index (χ0v) is 11.3. The molecule has 2 N–H and O–H groups in total. The Kier molecular flexibility index (Phi) is 4.41. The lowest BCUT2D eigenvalue weighted by Crippen LogP contribution is -2.02. The SMILES string of the molecule is CSc1ncc(CO)c(Nc2ccccc2Cl)n1. The van der Waals surface area contributed by atoms with Crippen LogP contribution in [0.25, 0.3) is 0 Å². The quantitative estimate of drug-likeness (QED) is 0.666. The van der Waals surface area contributed by atoms with Crippen LogP contribution < -0.4 is 5.32 Å². The zero-order valence-electron chi connectivity index (χ0n) is 9.72. The third kappa shape index (κ3) is 2.93. The minimum absolute atomic E-state index is 0.124. The maximum Gasteiger partial charge on any atom is 0.189 e. The van der Waals surface area contributed by atoms with E-state index in [1.54, 1.807) is 12.3 Å². The van der Waals surface area contributed by atoms with Crippen LogP contribution in [0.2, 0.25) is 5.02 Å². The van der Waals surface area contributed by atoms with Crippen molar-refractivity contribution in [2.45, 2.75) is 11.8 Å². The highest BCUT2D eigenvalue weighted by Crippen LogP contribution is 2.26. The summed E-state index contributed by atoms with van der Waals surface area (Å²) in [6.45, 7) is -0.124. The van der Waals surface area contributed by atoms with E-state index in [2.05, 4.69) is 15.3 Å². The Morgan fingerprint density at radius 1 is 1.39 bits per heavy atom. The van der Waals surface area contributed by atoms with Crippen LogP contribution in [-0.2, 0) is 6.61 Å². The fourth-order valence-corrected chi connectivity index (χ4v) is 1.93. The monoisotopic (exact) mass is 281 g/mol. The van der Waals surface area contributed by atoms with E-state index in [0.717, 1.165) is 5.69 Å². The van der Waals surface area contributed by atoms with Gasteiger partial charge in [0.2, 0.25) is 0 Å². The van der Waals surface area contributed by atoms with Gasteiger partial charge in [-0.05, 0) is 18.4 Å². The number of rotatable bonds is 4. The molecule has 2 aromatic rings. The molecule has 0 aliphatic carbocycles. The van der Waals surface area contributed by atoms with Gasteiger partial charge < -0.3 is 10.4 Å². The second kappa shape index (κ2) is 6.04. The van der Waals surface area contributed by atoms with Gasteiger partial charge in [0.1, 0.15) is 5.82 Å². The van der Waals surface area contributed by atoms with Crippen molar-refractivity contribution in [2.24, 2.45) is 0 Å². The molecule has 0 atom stereocenters. The first-order valence-electron chi connectivity index (χ1n) is 5.27. The molecule has 0 aliphatic heterocycles. The van der Waals surface area contributed by atoms with E-state index < -0.39 is 0 Å². The van der Waals surface area contributed by atoms with E-state index in [9.17, 15) is 5.11 Å². The molecule has 0 saturated heterocycles. The highest BCUT2D eigenvalue weighted by atomic mass is 35.5. The van der Waals surface area contributed by atoms with Crippen molar-refractivity contribution in [3.8, 4) is 0 Å². The molecule has 1 aromatic carbocycles. The maximum absolute atomic E-state index is 9.27. The summed E-state index contributed by atoms with van der Waals surface area (Å²) in [5.74, 6) is 0.574. The summed E-state index contributed by atoms with van der Waals surface area (Å²) < 4.78 is 0. The Hall–Kier alpha value is -1.30. The van der Waals surface area contributed by atoms with E-state index in [-0.39, 0.29) is 6.61 Å². The smallest absolute Gasteiger partial charge is 0.189 e. The Balaban J connectivity index is 2.35. The molecule has 0 fully saturated rings. The van der Waals surface area contributed by atoms with E-state index >= 15 is 0 Å². The zero-order chi connectivity index (χ0) is 13.0. The number of nitrogens with zero attached hydrogens (tertiary/aromatic N) is 2. The number of aromatic nitrogens is 2. The lowest BCUT2D eigenvalue weighted by Gasteiger charge is -2.11. The first-order valence-corrected chi connectivity index (χ1v) is 6.87. The molecular formula is C12H12ClN3OS. The van der Waals surface area contributed by atoms with Crippen LogP contribution in [-0.4, -0.2) is 21.3 Å². The topological polar surface area (TPSA) is 58.0 Å². The molecule has 1 heterocycles. The van der Waals surface area contributed by atoms with Gasteiger partial charge in [-0.25, -0.2) is 9.97 Å². The summed E-state index contributed by atoms with van der Waals surface area (Å²) in [5, 5.41) is 13.6. The molecule has 0 unspecified atom stereocenters. The molecule has 1 aromatic heterocycles. The first kappa shape index (κ1) is 13.1. The Morgan fingerprint density at radius 3 is 2.83 bits per heavy atom. The molecular weight excluding hydrogens is 270 g/mol. The number of hydrogen-bond donors (Lipinski definition) is 2. The highest BCUT2D eigenvalue weighted by molar-refractivity contribution is 7.98. The minimum atomic E-state index is -0.124. The van der Waals surface area contributed by atoms with Gasteiger partial charge in [-0.15, -0.1) is 0 Å². The summed E-state index contributed by atoms with van der Waals surface area (Å²) in [7, 11) is 0. The normalized spacial score (nSPS) is 10.4. The van der Waals surface area contributed by atoms with Gasteiger partial charge in [0.05, 0.1) is 17.3 Å². The second-order valence-electron chi connectivity index (χ2n) is 3.49. The van der Waals surface area contributed by atoms with Crippen molar-refractivity contribution >= 4 is 34.9 Å². The van der Waals surface area contributed by atoms with E-state index in [4.69, 9.17) is 11.6 Å². The van der Waals surface area contributed by atoms with Gasteiger partial charge in [0, 0.05) is 11.8 Å². The molecule has 0 saturated carbocycles. The van der Waals surface area contributed by atoms with Crippen molar-refractivity contribution in [1.82, 2.24) is 9.97 Å². The summed E-state index contributed by atoms with van der Waals surface area (Å²) >= 11 is 7.51. The van der Waals surface area contributed by atoms with Crippen molar-refractivity contribution < 1.29 is 5.11 Å². The fourth-order valence-electron chi connectivity index (χ4n) is 1.40. The van der Waals surface area contributed by atoms with Crippen molar-refractivity contribution in [2.75, 3.05) is 11.6 Å². The van der Waals surface area contributed by atoms with Crippen molar-refractivity contribution in [1.29, 1.82) is 0 Å². The number of hydrogen-bond acceptors (Lipinski definition) is 5. The lowest BCUT2D eigenvalue weighted by molar-refractivity contribution is 0.281. The summed E-state index contributed by atoms with van der Waals surface area (Å²) in [6, 6.07) is 7.38. The maximum atomic E-state index is 9.27. The predicted molar refractivity (Wildman–Crippen MR) is 74.5 cm³/mol. The van der Waals surface area contributed by atoms with Crippen LogP contribution in [0.4, 0.5) is 11.5 Å². The Labute approximate surface area is 114 Å². The first-order chi connectivity index (χ1) is 8.74. The fraction of sp³-hybridized carbons (Fsp3) is 0.167. The van der Waals surface area contributed by atoms with Crippen LogP contribution in [0.1, 0.15) is 5.56 Å². The van der Waals surface area contributed by atoms with Crippen LogP contribution >= 0.6 is 23.4 Å². The lowest BCUT2D eigenvalue weighted by atomic mass is 10.3. The Bertz CT molecular complexity index is 551. The number of benzene rings is 1. The van der Waals surface area contributed by atoms with Gasteiger partial charge >= 0.3 is 0 Å². The van der Waals surface area contributed by atoms with Crippen molar-refractivity contribution in [3.63, 3.8) is 0 Å². The Morgan fingerprint density at radius 2 is 2.17 bits per heavy atom. The summed E-state index contributed by atoms with van der Waals surface area (Å²) in [4.78, 5) is 8.43. The van der Waals surface area contributed by atoms with Gasteiger partial charge in [-0.2, -0.15) is 0 Å². The standard InChI is InChI=1S/C12H12ClN3OS/c1-18-12-14-6-8(7-17)11(16-12)15-10-5-3-2-4-9(10)13/h2-6,17H,7H2,1H3,(H,14,15,16). The molecule has 0 radical (unpaired) electrons. The predicted octanol–water partition coefficient (Wildman–Crippen LogP) is 3.09. The number of thioether (sulfide) groups is 1. The molecule has 6 heteroatoms. The van der Waals surface area contributed by atoms with E-state index in [1.807, 2.05) is 24.5 Å². The summed E-state index contributed by atoms with van der Waals surface area (Å²) in [6.07, 6.45) is 3.51. The van der Waals surface area contributed by atoms with Crippen LogP contribution in [0.3, 0.4) is 0 Å². The number of nitrogens with one attached hydrogen (secondary N) is 1. The van der Waals surface area contributed by atoms with E-state index in [1.165, 1.54) is 11.8 Å². The average molecular weight is 282 g/mol. The molecule has 2 rings (SSSR count). The number of anilines is 2. The highest BCUT2D eigenvalue weighted by Gasteiger charge is 2.08. The van der Waals surface area contributed by atoms with Crippen LogP contribution in [0, 0.1) is 0 Å². The van der Waals surface area contributed by atoms with Crippen molar-refractivity contribution in [3.05, 3.63) is 41.0 Å². The van der Waals surface area contributed by atoms with Crippen LogP contribution in [0.5, 0.6) is 0 Å². The molecule has 0 bridgehead atoms. The van der Waals surface area contributed by atoms with Gasteiger partial charge in [-0.3, -0.25) is 0 Å². The molecule has 4 nitrogen and oxygen atoms in total. The van der Waals surface area contributed by atoms with Crippen LogP contribution in [0.15, 0.2) is 35.6 Å². The molecule has 0 aliphatic rings. The molecule has 94 valence electrons. The largest absolute Gasteiger partial charge is 0.391 e. The third-order valence-corrected chi connectivity index (χ3v) is 3.21. The number of para-hydroxylation sites is 1. The second-order valence-corrected chi connectivity index (χ2v) is 4.67. The minimum Gasteiger partial charge on any atom is -0.391 e. The van der Waals surface area contributed by atoms with E-state index in [0.29, 0.717) is 21.6 Å².